The number of hydrogen-bond acceptors (Lipinski definition) is 3. The van der Waals surface area contributed by atoms with Gasteiger partial charge in [0.25, 0.3) is 0 Å². The van der Waals surface area contributed by atoms with Crippen molar-refractivity contribution in [3.63, 3.8) is 0 Å². The summed E-state index contributed by atoms with van der Waals surface area (Å²) < 4.78 is 0. The number of benzene rings is 1. The lowest BCUT2D eigenvalue weighted by Gasteiger charge is -2.04. The highest BCUT2D eigenvalue weighted by Gasteiger charge is 2.12. The van der Waals surface area contributed by atoms with Crippen molar-refractivity contribution < 1.29 is 4.79 Å². The van der Waals surface area contributed by atoms with E-state index < -0.39 is 0 Å². The molecule has 0 aliphatic heterocycles. The predicted molar refractivity (Wildman–Crippen MR) is 69.4 cm³/mol. The molecule has 0 aliphatic rings. The predicted octanol–water partition coefficient (Wildman–Crippen LogP) is 2.86. The second kappa shape index (κ2) is 4.37. The lowest BCUT2D eigenvalue weighted by Crippen LogP contribution is -2.02. The van der Waals surface area contributed by atoms with Crippen LogP contribution in [0.3, 0.4) is 0 Å². The van der Waals surface area contributed by atoms with Crippen LogP contribution in [0.2, 0.25) is 0 Å². The van der Waals surface area contributed by atoms with Gasteiger partial charge in [0.1, 0.15) is 0 Å². The van der Waals surface area contributed by atoms with E-state index in [1.54, 1.807) is 36.8 Å². The Balaban J connectivity index is 2.18. The number of ketones is 1. The van der Waals surface area contributed by atoms with Gasteiger partial charge in [0, 0.05) is 35.1 Å². The zero-order valence-electron chi connectivity index (χ0n) is 9.58. The highest BCUT2D eigenvalue weighted by Crippen LogP contribution is 2.19. The molecular formula is C15H10N2O. The third kappa shape index (κ3) is 1.76. The van der Waals surface area contributed by atoms with Crippen molar-refractivity contribution in [3.05, 3.63) is 72.2 Å². The average molecular weight is 234 g/mol. The fourth-order valence-corrected chi connectivity index (χ4v) is 1.95. The Labute approximate surface area is 104 Å². The van der Waals surface area contributed by atoms with Crippen LogP contribution in [0.25, 0.3) is 10.9 Å². The van der Waals surface area contributed by atoms with Crippen LogP contribution in [0.5, 0.6) is 0 Å². The van der Waals surface area contributed by atoms with E-state index >= 15 is 0 Å². The number of aromatic nitrogens is 2. The SMILES string of the molecule is O=C(c1cccnc1)c1ccnc2ccccc12. The fraction of sp³-hybridized carbons (Fsp3) is 0. The second-order valence-corrected chi connectivity index (χ2v) is 3.95. The molecule has 1 aromatic carbocycles. The Morgan fingerprint density at radius 3 is 2.67 bits per heavy atom. The highest BCUT2D eigenvalue weighted by atomic mass is 16.1. The Bertz CT molecular complexity index is 703. The Hall–Kier alpha value is -2.55. The lowest BCUT2D eigenvalue weighted by molar-refractivity contribution is 0.104. The molecule has 0 N–H and O–H groups in total. The number of hydrogen-bond donors (Lipinski definition) is 0. The maximum absolute atomic E-state index is 12.4. The van der Waals surface area contributed by atoms with Crippen molar-refractivity contribution in [2.45, 2.75) is 0 Å². The summed E-state index contributed by atoms with van der Waals surface area (Å²) in [5.41, 5.74) is 2.08. The van der Waals surface area contributed by atoms with Crippen LogP contribution in [0, 0.1) is 0 Å². The summed E-state index contributed by atoms with van der Waals surface area (Å²) in [6.45, 7) is 0. The van der Waals surface area contributed by atoms with Gasteiger partial charge >= 0.3 is 0 Å². The number of pyridine rings is 2. The van der Waals surface area contributed by atoms with Gasteiger partial charge in [-0.25, -0.2) is 0 Å². The molecular weight excluding hydrogens is 224 g/mol. The molecule has 3 aromatic rings. The van der Waals surface area contributed by atoms with Crippen LogP contribution in [0.1, 0.15) is 15.9 Å². The van der Waals surface area contributed by atoms with Crippen LogP contribution in [0.4, 0.5) is 0 Å². The molecule has 2 heterocycles. The topological polar surface area (TPSA) is 42.9 Å². The summed E-state index contributed by atoms with van der Waals surface area (Å²) >= 11 is 0. The minimum atomic E-state index is -0.0262. The molecule has 0 bridgehead atoms. The lowest BCUT2D eigenvalue weighted by atomic mass is 10.0. The summed E-state index contributed by atoms with van der Waals surface area (Å²) in [6.07, 6.45) is 4.89. The molecule has 0 saturated heterocycles. The Morgan fingerprint density at radius 2 is 1.83 bits per heavy atom. The smallest absolute Gasteiger partial charge is 0.195 e. The first kappa shape index (κ1) is 10.6. The van der Waals surface area contributed by atoms with Crippen LogP contribution in [-0.4, -0.2) is 15.8 Å². The van der Waals surface area contributed by atoms with E-state index in [0.29, 0.717) is 11.1 Å². The molecule has 3 rings (SSSR count). The van der Waals surface area contributed by atoms with Gasteiger partial charge in [-0.1, -0.05) is 18.2 Å². The van der Waals surface area contributed by atoms with E-state index in [2.05, 4.69) is 9.97 Å². The molecule has 0 atom stereocenters. The van der Waals surface area contributed by atoms with Crippen molar-refractivity contribution >= 4 is 16.7 Å². The van der Waals surface area contributed by atoms with Gasteiger partial charge in [-0.2, -0.15) is 0 Å². The molecule has 3 nitrogen and oxygen atoms in total. The Kier molecular flexibility index (Phi) is 2.57. The third-order valence-corrected chi connectivity index (χ3v) is 2.82. The van der Waals surface area contributed by atoms with Crippen LogP contribution >= 0.6 is 0 Å². The second-order valence-electron chi connectivity index (χ2n) is 3.95. The largest absolute Gasteiger partial charge is 0.289 e. The first-order valence-electron chi connectivity index (χ1n) is 5.65. The monoisotopic (exact) mass is 234 g/mol. The summed E-state index contributed by atoms with van der Waals surface area (Å²) in [6, 6.07) is 12.9. The Morgan fingerprint density at radius 1 is 0.944 bits per heavy atom. The maximum Gasteiger partial charge on any atom is 0.195 e. The number of fused-ring (bicyclic) bond motifs is 1. The van der Waals surface area contributed by atoms with Gasteiger partial charge < -0.3 is 0 Å². The van der Waals surface area contributed by atoms with Crippen molar-refractivity contribution in [1.82, 2.24) is 9.97 Å². The molecule has 0 spiro atoms. The summed E-state index contributed by atoms with van der Waals surface area (Å²) in [7, 11) is 0. The average Bonchev–Trinajstić information content (AvgIpc) is 2.47. The van der Waals surface area contributed by atoms with Gasteiger partial charge in [0.15, 0.2) is 5.78 Å². The first-order chi connectivity index (χ1) is 8.86. The molecule has 0 aliphatic carbocycles. The van der Waals surface area contributed by atoms with E-state index in [4.69, 9.17) is 0 Å². The first-order valence-corrected chi connectivity index (χ1v) is 5.65. The number of carbonyl (C=O) groups is 1. The molecule has 18 heavy (non-hydrogen) atoms. The number of rotatable bonds is 2. The molecule has 2 aromatic heterocycles. The van der Waals surface area contributed by atoms with Crippen LogP contribution < -0.4 is 0 Å². The fourth-order valence-electron chi connectivity index (χ4n) is 1.95. The third-order valence-electron chi connectivity index (χ3n) is 2.82. The minimum Gasteiger partial charge on any atom is -0.289 e. The van der Waals surface area contributed by atoms with E-state index in [9.17, 15) is 4.79 Å². The molecule has 0 saturated carbocycles. The van der Waals surface area contributed by atoms with Crippen LogP contribution in [-0.2, 0) is 0 Å². The number of nitrogens with zero attached hydrogens (tertiary/aromatic N) is 2. The van der Waals surface area contributed by atoms with Crippen molar-refractivity contribution in [2.75, 3.05) is 0 Å². The van der Waals surface area contributed by atoms with E-state index in [1.807, 2.05) is 24.3 Å². The van der Waals surface area contributed by atoms with Gasteiger partial charge in [-0.05, 0) is 24.3 Å². The van der Waals surface area contributed by atoms with Gasteiger partial charge in [-0.3, -0.25) is 14.8 Å². The maximum atomic E-state index is 12.4. The van der Waals surface area contributed by atoms with E-state index in [-0.39, 0.29) is 5.78 Å². The molecule has 86 valence electrons. The van der Waals surface area contributed by atoms with Crippen molar-refractivity contribution in [3.8, 4) is 0 Å². The zero-order chi connectivity index (χ0) is 12.4. The van der Waals surface area contributed by atoms with Gasteiger partial charge in [0.05, 0.1) is 5.52 Å². The molecule has 0 fully saturated rings. The van der Waals surface area contributed by atoms with Crippen LogP contribution in [0.15, 0.2) is 61.1 Å². The van der Waals surface area contributed by atoms with E-state index in [1.165, 1.54) is 0 Å². The molecule has 0 radical (unpaired) electrons. The molecule has 0 amide bonds. The summed E-state index contributed by atoms with van der Waals surface area (Å²) in [5.74, 6) is -0.0262. The summed E-state index contributed by atoms with van der Waals surface area (Å²) in [4.78, 5) is 20.6. The number of para-hydroxylation sites is 1. The highest BCUT2D eigenvalue weighted by molar-refractivity contribution is 6.15. The van der Waals surface area contributed by atoms with E-state index in [0.717, 1.165) is 10.9 Å². The molecule has 3 heteroatoms. The zero-order valence-corrected chi connectivity index (χ0v) is 9.58. The standard InChI is InChI=1S/C15H10N2O/c18-15(11-4-3-8-16-10-11)13-7-9-17-14-6-2-1-5-12(13)14/h1-10H. The molecule has 0 unspecified atom stereocenters. The van der Waals surface area contributed by atoms with Gasteiger partial charge in [0.2, 0.25) is 0 Å². The summed E-state index contributed by atoms with van der Waals surface area (Å²) in [5, 5.41) is 0.869. The van der Waals surface area contributed by atoms with Crippen molar-refractivity contribution in [1.29, 1.82) is 0 Å². The van der Waals surface area contributed by atoms with Gasteiger partial charge in [-0.15, -0.1) is 0 Å². The minimum absolute atomic E-state index is 0.0262. The quantitative estimate of drug-likeness (QED) is 0.640. The normalized spacial score (nSPS) is 10.4. The van der Waals surface area contributed by atoms with Crippen molar-refractivity contribution in [2.24, 2.45) is 0 Å². The number of carbonyl (C=O) groups excluding carboxylic acids is 1.